The molecule has 126 valence electrons. The Morgan fingerprint density at radius 1 is 1.25 bits per heavy atom. The molecule has 5 nitrogen and oxygen atoms in total. The van der Waals surface area contributed by atoms with Gasteiger partial charge in [0.1, 0.15) is 5.75 Å². The first-order valence-corrected chi connectivity index (χ1v) is 7.72. The number of aliphatic carboxylic acids is 1. The Hall–Kier alpha value is -2.53. The SMILES string of the molecule is COc1cccc(C(CC(=O)O)NC(=O)c2cccc(C)c2Cl)c1. The maximum absolute atomic E-state index is 12.5. The highest BCUT2D eigenvalue weighted by Gasteiger charge is 2.21. The zero-order valence-electron chi connectivity index (χ0n) is 13.4. The van der Waals surface area contributed by atoms with Gasteiger partial charge in [-0.25, -0.2) is 0 Å². The highest BCUT2D eigenvalue weighted by Crippen LogP contribution is 2.24. The van der Waals surface area contributed by atoms with Crippen molar-refractivity contribution in [2.45, 2.75) is 19.4 Å². The number of carbonyl (C=O) groups excluding carboxylic acids is 1. The number of hydrogen-bond acceptors (Lipinski definition) is 3. The molecule has 0 aromatic heterocycles. The standard InChI is InChI=1S/C18H18ClNO4/c1-11-5-3-8-14(17(11)19)18(23)20-15(10-16(21)22)12-6-4-7-13(9-12)24-2/h3-9,15H,10H2,1-2H3,(H,20,23)(H,21,22). The molecule has 0 radical (unpaired) electrons. The monoisotopic (exact) mass is 347 g/mol. The van der Waals surface area contributed by atoms with Crippen molar-refractivity contribution in [3.63, 3.8) is 0 Å². The summed E-state index contributed by atoms with van der Waals surface area (Å²) in [4.78, 5) is 23.7. The lowest BCUT2D eigenvalue weighted by atomic mass is 10.0. The van der Waals surface area contributed by atoms with Gasteiger partial charge in [-0.05, 0) is 36.2 Å². The Morgan fingerprint density at radius 3 is 2.62 bits per heavy atom. The maximum Gasteiger partial charge on any atom is 0.305 e. The van der Waals surface area contributed by atoms with Crippen molar-refractivity contribution in [1.82, 2.24) is 5.32 Å². The van der Waals surface area contributed by atoms with Gasteiger partial charge < -0.3 is 15.2 Å². The van der Waals surface area contributed by atoms with Crippen LogP contribution in [-0.2, 0) is 4.79 Å². The molecule has 0 aliphatic rings. The van der Waals surface area contributed by atoms with Crippen LogP contribution in [0, 0.1) is 6.92 Å². The Morgan fingerprint density at radius 2 is 1.96 bits per heavy atom. The van der Waals surface area contributed by atoms with Crippen LogP contribution in [0.2, 0.25) is 5.02 Å². The van der Waals surface area contributed by atoms with E-state index >= 15 is 0 Å². The van der Waals surface area contributed by atoms with Crippen LogP contribution in [0.15, 0.2) is 42.5 Å². The number of carboxylic acid groups (broad SMARTS) is 1. The van der Waals surface area contributed by atoms with Crippen molar-refractivity contribution in [2.24, 2.45) is 0 Å². The number of halogens is 1. The number of nitrogens with one attached hydrogen (secondary N) is 1. The molecule has 1 amide bonds. The third kappa shape index (κ3) is 4.26. The molecule has 24 heavy (non-hydrogen) atoms. The van der Waals surface area contributed by atoms with E-state index in [1.54, 1.807) is 49.4 Å². The van der Waals surface area contributed by atoms with Gasteiger partial charge in [0, 0.05) is 0 Å². The zero-order chi connectivity index (χ0) is 17.7. The molecule has 1 atom stereocenters. The summed E-state index contributed by atoms with van der Waals surface area (Å²) in [5, 5.41) is 12.2. The van der Waals surface area contributed by atoms with Crippen LogP contribution < -0.4 is 10.1 Å². The number of benzene rings is 2. The molecule has 0 saturated carbocycles. The molecule has 2 rings (SSSR count). The Labute approximate surface area is 145 Å². The van der Waals surface area contributed by atoms with Gasteiger partial charge >= 0.3 is 5.97 Å². The van der Waals surface area contributed by atoms with Crippen molar-refractivity contribution in [1.29, 1.82) is 0 Å². The molecule has 2 N–H and O–H groups in total. The lowest BCUT2D eigenvalue weighted by Gasteiger charge is -2.19. The third-order valence-corrected chi connectivity index (χ3v) is 4.12. The number of carboxylic acids is 1. The number of rotatable bonds is 6. The molecule has 1 unspecified atom stereocenters. The fraction of sp³-hybridized carbons (Fsp3) is 0.222. The highest BCUT2D eigenvalue weighted by molar-refractivity contribution is 6.34. The van der Waals surface area contributed by atoms with E-state index in [4.69, 9.17) is 21.4 Å². The average molecular weight is 348 g/mol. The molecule has 2 aromatic carbocycles. The van der Waals surface area contributed by atoms with E-state index in [-0.39, 0.29) is 6.42 Å². The molecule has 2 aromatic rings. The summed E-state index contributed by atoms with van der Waals surface area (Å²) in [6, 6.07) is 11.4. The average Bonchev–Trinajstić information content (AvgIpc) is 2.56. The van der Waals surface area contributed by atoms with E-state index in [2.05, 4.69) is 5.32 Å². The summed E-state index contributed by atoms with van der Waals surface area (Å²) in [5.41, 5.74) is 1.74. The molecule has 0 spiro atoms. The van der Waals surface area contributed by atoms with Gasteiger partial charge in [0.25, 0.3) is 5.91 Å². The first kappa shape index (κ1) is 17.8. The molecule has 0 saturated heterocycles. The number of aryl methyl sites for hydroxylation is 1. The molecule has 0 aliphatic carbocycles. The normalized spacial score (nSPS) is 11.6. The van der Waals surface area contributed by atoms with Gasteiger partial charge in [-0.15, -0.1) is 0 Å². The quantitative estimate of drug-likeness (QED) is 0.837. The molecular formula is C18H18ClNO4. The second-order valence-corrected chi connectivity index (χ2v) is 5.71. The van der Waals surface area contributed by atoms with E-state index in [0.29, 0.717) is 21.9 Å². The largest absolute Gasteiger partial charge is 0.497 e. The van der Waals surface area contributed by atoms with Gasteiger partial charge in [-0.2, -0.15) is 0 Å². The first-order chi connectivity index (χ1) is 11.4. The summed E-state index contributed by atoms with van der Waals surface area (Å²) in [6.45, 7) is 1.80. The van der Waals surface area contributed by atoms with Gasteiger partial charge in [0.2, 0.25) is 0 Å². The van der Waals surface area contributed by atoms with E-state index < -0.39 is 17.9 Å². The van der Waals surface area contributed by atoms with Gasteiger partial charge in [-0.1, -0.05) is 35.9 Å². The van der Waals surface area contributed by atoms with Crippen LogP contribution in [0.1, 0.15) is 33.9 Å². The minimum atomic E-state index is -1.02. The lowest BCUT2D eigenvalue weighted by Crippen LogP contribution is -2.30. The summed E-state index contributed by atoms with van der Waals surface area (Å²) < 4.78 is 5.15. The van der Waals surface area contributed by atoms with E-state index in [1.807, 2.05) is 0 Å². The Balaban J connectivity index is 2.30. The molecule has 6 heteroatoms. The number of carbonyl (C=O) groups is 2. The summed E-state index contributed by atoms with van der Waals surface area (Å²) in [6.07, 6.45) is -0.248. The van der Waals surface area contributed by atoms with Crippen LogP contribution >= 0.6 is 11.6 Å². The number of amides is 1. The predicted molar refractivity (Wildman–Crippen MR) is 91.6 cm³/mol. The predicted octanol–water partition coefficient (Wildman–Crippen LogP) is 3.60. The van der Waals surface area contributed by atoms with Crippen LogP contribution in [0.3, 0.4) is 0 Å². The molecule has 0 aliphatic heterocycles. The number of ether oxygens (including phenoxy) is 1. The fourth-order valence-corrected chi connectivity index (χ4v) is 2.56. The Kier molecular flexibility index (Phi) is 5.82. The fourth-order valence-electron chi connectivity index (χ4n) is 2.34. The van der Waals surface area contributed by atoms with E-state index in [1.165, 1.54) is 7.11 Å². The van der Waals surface area contributed by atoms with Crippen molar-refractivity contribution < 1.29 is 19.4 Å². The smallest absolute Gasteiger partial charge is 0.305 e. The Bertz CT molecular complexity index is 760. The van der Waals surface area contributed by atoms with Crippen molar-refractivity contribution in [3.8, 4) is 5.75 Å². The summed E-state index contributed by atoms with van der Waals surface area (Å²) in [5.74, 6) is -0.845. The summed E-state index contributed by atoms with van der Waals surface area (Å²) in [7, 11) is 1.52. The maximum atomic E-state index is 12.5. The first-order valence-electron chi connectivity index (χ1n) is 7.34. The van der Waals surface area contributed by atoms with E-state index in [0.717, 1.165) is 5.56 Å². The molecule has 0 bridgehead atoms. The van der Waals surface area contributed by atoms with Gasteiger partial charge in [0.15, 0.2) is 0 Å². The molecule has 0 fully saturated rings. The van der Waals surface area contributed by atoms with Crippen LogP contribution in [0.25, 0.3) is 0 Å². The van der Waals surface area contributed by atoms with Crippen molar-refractivity contribution in [3.05, 3.63) is 64.2 Å². The minimum absolute atomic E-state index is 0.248. The molecular weight excluding hydrogens is 330 g/mol. The van der Waals surface area contributed by atoms with Crippen LogP contribution in [0.5, 0.6) is 5.75 Å². The van der Waals surface area contributed by atoms with Crippen molar-refractivity contribution >= 4 is 23.5 Å². The van der Waals surface area contributed by atoms with Gasteiger partial charge in [0.05, 0.1) is 30.2 Å². The topological polar surface area (TPSA) is 75.6 Å². The molecule has 0 heterocycles. The number of methoxy groups -OCH3 is 1. The zero-order valence-corrected chi connectivity index (χ0v) is 14.1. The van der Waals surface area contributed by atoms with Crippen LogP contribution in [-0.4, -0.2) is 24.1 Å². The van der Waals surface area contributed by atoms with Gasteiger partial charge in [-0.3, -0.25) is 9.59 Å². The second kappa shape index (κ2) is 7.84. The lowest BCUT2D eigenvalue weighted by molar-refractivity contribution is -0.137. The minimum Gasteiger partial charge on any atom is -0.497 e. The highest BCUT2D eigenvalue weighted by atomic mass is 35.5. The number of hydrogen-bond donors (Lipinski definition) is 2. The van der Waals surface area contributed by atoms with Crippen molar-refractivity contribution in [2.75, 3.05) is 7.11 Å². The third-order valence-electron chi connectivity index (χ3n) is 3.62. The van der Waals surface area contributed by atoms with E-state index in [9.17, 15) is 9.59 Å². The van der Waals surface area contributed by atoms with Crippen LogP contribution in [0.4, 0.5) is 0 Å². The second-order valence-electron chi connectivity index (χ2n) is 5.34. The summed E-state index contributed by atoms with van der Waals surface area (Å²) >= 11 is 6.17.